The third-order valence-corrected chi connectivity index (χ3v) is 6.27. The predicted octanol–water partition coefficient (Wildman–Crippen LogP) is 2.74. The van der Waals surface area contributed by atoms with Crippen molar-refractivity contribution in [1.82, 2.24) is 24.8 Å². The Balaban J connectivity index is 0.000000821. The van der Waals surface area contributed by atoms with Crippen LogP contribution in [0, 0.1) is 19.7 Å². The lowest BCUT2D eigenvalue weighted by atomic mass is 10.1. The van der Waals surface area contributed by atoms with Crippen LogP contribution in [0.15, 0.2) is 18.2 Å². The van der Waals surface area contributed by atoms with Gasteiger partial charge in [-0.1, -0.05) is 11.6 Å². The summed E-state index contributed by atoms with van der Waals surface area (Å²) in [5, 5.41) is 15.3. The molecular weight excluding hydrogens is 453 g/mol. The highest BCUT2D eigenvalue weighted by Gasteiger charge is 2.32. The summed E-state index contributed by atoms with van der Waals surface area (Å²) < 4.78 is 21.5. The zero-order valence-corrected chi connectivity index (χ0v) is 18.9. The van der Waals surface area contributed by atoms with E-state index in [0.717, 1.165) is 35.6 Å². The predicted molar refractivity (Wildman–Crippen MR) is 118 cm³/mol. The van der Waals surface area contributed by atoms with Gasteiger partial charge >= 0.3 is 0 Å². The van der Waals surface area contributed by atoms with Gasteiger partial charge in [-0.3, -0.25) is 9.59 Å². The molecule has 3 aromatic rings. The number of carbonyl (C=O) groups is 2. The molecule has 0 unspecified atom stereocenters. The van der Waals surface area contributed by atoms with Crippen LogP contribution in [0.5, 0.6) is 5.75 Å². The van der Waals surface area contributed by atoms with E-state index in [9.17, 15) is 9.18 Å². The average Bonchev–Trinajstić information content (AvgIpc) is 3.50. The van der Waals surface area contributed by atoms with Gasteiger partial charge in [0, 0.05) is 18.2 Å². The Morgan fingerprint density at radius 2 is 2.12 bits per heavy atom. The first-order valence-electron chi connectivity index (χ1n) is 10.4. The number of carbonyl (C=O) groups excluding carboxylic acids is 1. The maximum atomic E-state index is 13.9. The Kier molecular flexibility index (Phi) is 6.48. The summed E-state index contributed by atoms with van der Waals surface area (Å²) in [5.74, 6) is -0.361. The van der Waals surface area contributed by atoms with E-state index in [1.165, 1.54) is 18.2 Å². The molecule has 1 aromatic carbocycles. The van der Waals surface area contributed by atoms with Crippen molar-refractivity contribution in [2.45, 2.75) is 39.5 Å². The lowest BCUT2D eigenvalue weighted by molar-refractivity contribution is -0.122. The highest BCUT2D eigenvalue weighted by Crippen LogP contribution is 2.32. The number of hydrogen-bond donors (Lipinski definition) is 2. The smallest absolute Gasteiger partial charge is 0.290 e. The van der Waals surface area contributed by atoms with Crippen LogP contribution in [0.2, 0.25) is 5.02 Å². The van der Waals surface area contributed by atoms with Crippen LogP contribution < -0.4 is 10.1 Å². The minimum absolute atomic E-state index is 0.0711. The lowest BCUT2D eigenvalue weighted by Crippen LogP contribution is -2.28. The quantitative estimate of drug-likeness (QED) is 0.560. The van der Waals surface area contributed by atoms with Gasteiger partial charge in [0.2, 0.25) is 0 Å². The first-order chi connectivity index (χ1) is 15.8. The van der Waals surface area contributed by atoms with E-state index < -0.39 is 5.82 Å². The van der Waals surface area contributed by atoms with Crippen molar-refractivity contribution in [3.8, 4) is 5.75 Å². The molecule has 0 radical (unpaired) electrons. The molecule has 33 heavy (non-hydrogen) atoms. The van der Waals surface area contributed by atoms with E-state index in [1.807, 2.05) is 13.8 Å². The van der Waals surface area contributed by atoms with Crippen molar-refractivity contribution < 1.29 is 23.8 Å². The number of amides is 1. The first-order valence-corrected chi connectivity index (χ1v) is 10.8. The van der Waals surface area contributed by atoms with Crippen LogP contribution in [-0.2, 0) is 17.9 Å². The average molecular weight is 476 g/mol. The second-order valence-corrected chi connectivity index (χ2v) is 8.27. The van der Waals surface area contributed by atoms with E-state index in [0.29, 0.717) is 35.9 Å². The fourth-order valence-electron chi connectivity index (χ4n) is 4.11. The molecule has 174 valence electrons. The molecule has 0 bridgehead atoms. The van der Waals surface area contributed by atoms with Crippen molar-refractivity contribution in [3.63, 3.8) is 0 Å². The third kappa shape index (κ3) is 4.36. The molecule has 0 saturated carbocycles. The monoisotopic (exact) mass is 475 g/mol. The Morgan fingerprint density at radius 1 is 1.36 bits per heavy atom. The van der Waals surface area contributed by atoms with Gasteiger partial charge in [0.1, 0.15) is 17.7 Å². The second-order valence-electron chi connectivity index (χ2n) is 7.90. The topological polar surface area (TPSA) is 109 Å². The van der Waals surface area contributed by atoms with E-state index in [1.54, 1.807) is 9.42 Å². The molecule has 9 nitrogen and oxygen atoms in total. The zero-order valence-electron chi connectivity index (χ0n) is 18.1. The van der Waals surface area contributed by atoms with E-state index >= 15 is 0 Å². The van der Waals surface area contributed by atoms with Gasteiger partial charge in [-0.2, -0.15) is 5.10 Å². The number of rotatable bonds is 3. The lowest BCUT2D eigenvalue weighted by Gasteiger charge is -2.20. The molecule has 2 aromatic heterocycles. The molecule has 1 atom stereocenters. The number of aryl methyl sites for hydroxylation is 2. The molecule has 1 fully saturated rings. The third-order valence-electron chi connectivity index (χ3n) is 5.73. The SMILES string of the molecule is Cc1nc2c3c(nn2c(C)c1Cl)CN(C(=O)c1ccc(F)cc1O[C@H]1CCNC1)C3.O=CO. The molecule has 2 aliphatic heterocycles. The number of carboxylic acid groups (broad SMARTS) is 1. The fraction of sp³-hybridized carbons (Fsp3) is 0.364. The van der Waals surface area contributed by atoms with Gasteiger partial charge in [-0.25, -0.2) is 13.9 Å². The van der Waals surface area contributed by atoms with Gasteiger partial charge in [-0.05, 0) is 38.9 Å². The van der Waals surface area contributed by atoms with Gasteiger partial charge in [-0.15, -0.1) is 0 Å². The number of hydrogen-bond acceptors (Lipinski definition) is 6. The standard InChI is InChI=1S/C21H21ClFN5O2.CH2O2/c1-11-19(22)12(2)28-20(25-11)16-9-27(10-17(16)26-28)21(29)15-4-3-13(23)7-18(15)30-14-5-6-24-8-14;2-1-3/h3-4,7,14,24H,5-6,8-10H2,1-2H3;1H,(H,2,3)/t14-;/m0./s1. The van der Waals surface area contributed by atoms with Crippen molar-refractivity contribution >= 4 is 29.6 Å². The summed E-state index contributed by atoms with van der Waals surface area (Å²) >= 11 is 6.30. The van der Waals surface area contributed by atoms with E-state index in [-0.39, 0.29) is 24.2 Å². The molecule has 1 amide bonds. The maximum absolute atomic E-state index is 13.9. The second kappa shape index (κ2) is 9.32. The molecule has 0 spiro atoms. The summed E-state index contributed by atoms with van der Waals surface area (Å²) in [4.78, 5) is 27.9. The van der Waals surface area contributed by atoms with Gasteiger partial charge in [0.05, 0.1) is 40.8 Å². The van der Waals surface area contributed by atoms with Crippen LogP contribution in [0.3, 0.4) is 0 Å². The van der Waals surface area contributed by atoms with Crippen LogP contribution in [0.25, 0.3) is 5.65 Å². The summed E-state index contributed by atoms with van der Waals surface area (Å²) in [6.07, 6.45) is 0.752. The highest BCUT2D eigenvalue weighted by atomic mass is 35.5. The van der Waals surface area contributed by atoms with E-state index in [4.69, 9.17) is 26.2 Å². The van der Waals surface area contributed by atoms with Crippen LogP contribution in [0.4, 0.5) is 4.39 Å². The normalized spacial score (nSPS) is 17.0. The number of ether oxygens (including phenoxy) is 1. The summed E-state index contributed by atoms with van der Waals surface area (Å²) in [7, 11) is 0. The van der Waals surface area contributed by atoms with Crippen molar-refractivity contribution in [2.24, 2.45) is 0 Å². The molecule has 0 aliphatic carbocycles. The zero-order chi connectivity index (χ0) is 23.7. The Bertz CT molecular complexity index is 1230. The largest absolute Gasteiger partial charge is 0.488 e. The minimum Gasteiger partial charge on any atom is -0.488 e. The number of halogens is 2. The Hall–Kier alpha value is -3.24. The molecular formula is C22H23ClFN5O4. The maximum Gasteiger partial charge on any atom is 0.290 e. The Morgan fingerprint density at radius 3 is 2.82 bits per heavy atom. The Labute approximate surface area is 194 Å². The molecule has 1 saturated heterocycles. The fourth-order valence-corrected chi connectivity index (χ4v) is 4.23. The minimum atomic E-state index is -0.429. The van der Waals surface area contributed by atoms with Gasteiger partial charge < -0.3 is 20.1 Å². The van der Waals surface area contributed by atoms with Gasteiger partial charge in [0.25, 0.3) is 12.4 Å². The molecule has 11 heteroatoms. The molecule has 2 aliphatic rings. The number of aromatic nitrogens is 3. The van der Waals surface area contributed by atoms with Crippen molar-refractivity contribution in [2.75, 3.05) is 13.1 Å². The number of nitrogens with one attached hydrogen (secondary N) is 1. The van der Waals surface area contributed by atoms with Crippen LogP contribution in [-0.4, -0.2) is 56.2 Å². The summed E-state index contributed by atoms with van der Waals surface area (Å²) in [6.45, 7) is 5.77. The highest BCUT2D eigenvalue weighted by molar-refractivity contribution is 6.31. The number of nitrogens with zero attached hydrogens (tertiary/aromatic N) is 4. The molecule has 2 N–H and O–H groups in total. The van der Waals surface area contributed by atoms with Crippen molar-refractivity contribution in [3.05, 3.63) is 57.2 Å². The van der Waals surface area contributed by atoms with E-state index in [2.05, 4.69) is 15.4 Å². The van der Waals surface area contributed by atoms with Crippen LogP contribution >= 0.6 is 11.6 Å². The summed E-state index contributed by atoms with van der Waals surface area (Å²) in [6, 6.07) is 4.06. The molecule has 5 rings (SSSR count). The van der Waals surface area contributed by atoms with Gasteiger partial charge in [0.15, 0.2) is 5.65 Å². The van der Waals surface area contributed by atoms with Crippen LogP contribution in [0.1, 0.15) is 39.4 Å². The first kappa shape index (κ1) is 22.9. The van der Waals surface area contributed by atoms with Crippen molar-refractivity contribution in [1.29, 1.82) is 0 Å². The summed E-state index contributed by atoms with van der Waals surface area (Å²) in [5.41, 5.74) is 4.33. The molecule has 4 heterocycles. The number of benzene rings is 1. The number of fused-ring (bicyclic) bond motifs is 3.